The maximum atomic E-state index is 13.7. The van der Waals surface area contributed by atoms with Gasteiger partial charge in [-0.1, -0.05) is 19.3 Å². The van der Waals surface area contributed by atoms with Gasteiger partial charge in [-0.2, -0.15) is 0 Å². The Balaban J connectivity index is 2.13. The monoisotopic (exact) mass is 301 g/mol. The molecule has 1 fully saturated rings. The molecule has 2 rings (SSSR count). The van der Waals surface area contributed by atoms with Crippen molar-refractivity contribution in [1.82, 2.24) is 5.32 Å². The molecule has 0 radical (unpaired) electrons. The number of alkyl halides is 1. The van der Waals surface area contributed by atoms with Gasteiger partial charge in [0.15, 0.2) is 0 Å². The quantitative estimate of drug-likeness (QED) is 0.650. The van der Waals surface area contributed by atoms with Crippen LogP contribution >= 0.6 is 11.6 Å². The van der Waals surface area contributed by atoms with Gasteiger partial charge in [-0.3, -0.25) is 4.79 Å². The van der Waals surface area contributed by atoms with Crippen LogP contribution in [0.3, 0.4) is 0 Å². The molecule has 1 aliphatic rings. The molecule has 2 atom stereocenters. The molecule has 0 heterocycles. The fourth-order valence-corrected chi connectivity index (χ4v) is 2.85. The Morgan fingerprint density at radius 2 is 1.90 bits per heavy atom. The minimum atomic E-state index is -0.842. The highest BCUT2D eigenvalue weighted by Crippen LogP contribution is 2.23. The molecule has 0 aromatic heterocycles. The van der Waals surface area contributed by atoms with Gasteiger partial charge in [0.05, 0.1) is 10.9 Å². The van der Waals surface area contributed by atoms with E-state index in [1.54, 1.807) is 0 Å². The molecular formula is C15H18ClF2NO. The van der Waals surface area contributed by atoms with Crippen LogP contribution in [0.25, 0.3) is 0 Å². The van der Waals surface area contributed by atoms with Crippen LogP contribution in [0.15, 0.2) is 12.1 Å². The molecule has 1 N–H and O–H groups in total. The van der Waals surface area contributed by atoms with Crippen molar-refractivity contribution in [2.24, 2.45) is 0 Å². The molecular weight excluding hydrogens is 284 g/mol. The van der Waals surface area contributed by atoms with Gasteiger partial charge in [-0.05, 0) is 31.4 Å². The Hall–Kier alpha value is -1.16. The van der Waals surface area contributed by atoms with Crippen LogP contribution in [0.2, 0.25) is 0 Å². The average molecular weight is 302 g/mol. The molecule has 0 spiro atoms. The van der Waals surface area contributed by atoms with Crippen molar-refractivity contribution in [3.8, 4) is 0 Å². The fraction of sp³-hybridized carbons (Fsp3) is 0.533. The van der Waals surface area contributed by atoms with E-state index in [0.717, 1.165) is 38.2 Å². The van der Waals surface area contributed by atoms with Crippen molar-refractivity contribution in [2.75, 3.05) is 0 Å². The average Bonchev–Trinajstić information content (AvgIpc) is 2.59. The molecule has 2 unspecified atom stereocenters. The number of aryl methyl sites for hydroxylation is 1. The Kier molecular flexibility index (Phi) is 4.97. The highest BCUT2D eigenvalue weighted by molar-refractivity contribution is 6.21. The Morgan fingerprint density at radius 1 is 1.20 bits per heavy atom. The van der Waals surface area contributed by atoms with Gasteiger partial charge in [-0.25, -0.2) is 8.78 Å². The fourth-order valence-electron chi connectivity index (χ4n) is 2.50. The first kappa shape index (κ1) is 15.2. The zero-order valence-corrected chi connectivity index (χ0v) is 12.1. The number of hydrogen-bond donors (Lipinski definition) is 1. The number of carbonyl (C=O) groups is 1. The third kappa shape index (κ3) is 3.48. The number of amides is 1. The zero-order valence-electron chi connectivity index (χ0n) is 11.4. The molecule has 0 bridgehead atoms. The lowest BCUT2D eigenvalue weighted by atomic mass is 10.1. The number of halogens is 3. The van der Waals surface area contributed by atoms with Crippen LogP contribution in [0.1, 0.15) is 48.0 Å². The van der Waals surface area contributed by atoms with Crippen LogP contribution in [-0.2, 0) is 0 Å². The van der Waals surface area contributed by atoms with Gasteiger partial charge in [0.2, 0.25) is 0 Å². The summed E-state index contributed by atoms with van der Waals surface area (Å²) in [5.74, 6) is -2.02. The molecule has 5 heteroatoms. The number of benzene rings is 1. The Labute approximate surface area is 122 Å². The minimum absolute atomic E-state index is 0.128. The van der Waals surface area contributed by atoms with Gasteiger partial charge in [0.25, 0.3) is 5.91 Å². The molecule has 2 nitrogen and oxygen atoms in total. The van der Waals surface area contributed by atoms with E-state index in [9.17, 15) is 13.6 Å². The summed E-state index contributed by atoms with van der Waals surface area (Å²) < 4.78 is 26.9. The summed E-state index contributed by atoms with van der Waals surface area (Å²) in [4.78, 5) is 12.1. The van der Waals surface area contributed by atoms with E-state index in [0.29, 0.717) is 0 Å². The highest BCUT2D eigenvalue weighted by Gasteiger charge is 2.25. The number of rotatable bonds is 2. The first-order valence-corrected chi connectivity index (χ1v) is 7.33. The zero-order chi connectivity index (χ0) is 14.7. The maximum absolute atomic E-state index is 13.7. The normalized spacial score (nSPS) is 23.2. The van der Waals surface area contributed by atoms with Crippen LogP contribution in [0, 0.1) is 18.6 Å². The van der Waals surface area contributed by atoms with Crippen molar-refractivity contribution in [2.45, 2.75) is 50.4 Å². The first-order valence-electron chi connectivity index (χ1n) is 6.89. The van der Waals surface area contributed by atoms with Crippen molar-refractivity contribution in [3.05, 3.63) is 34.9 Å². The summed E-state index contributed by atoms with van der Waals surface area (Å²) in [7, 11) is 0. The van der Waals surface area contributed by atoms with Crippen LogP contribution < -0.4 is 5.32 Å². The number of carbonyl (C=O) groups excluding carboxylic acids is 1. The minimum Gasteiger partial charge on any atom is -0.348 e. The molecule has 1 aliphatic carbocycles. The second kappa shape index (κ2) is 6.53. The van der Waals surface area contributed by atoms with Crippen LogP contribution in [0.4, 0.5) is 8.78 Å². The van der Waals surface area contributed by atoms with Gasteiger partial charge in [0, 0.05) is 12.1 Å². The second-order valence-corrected chi connectivity index (χ2v) is 5.88. The third-order valence-corrected chi connectivity index (χ3v) is 4.26. The van der Waals surface area contributed by atoms with Crippen LogP contribution in [0.5, 0.6) is 0 Å². The summed E-state index contributed by atoms with van der Waals surface area (Å²) in [5, 5.41) is 2.65. The van der Waals surface area contributed by atoms with Gasteiger partial charge in [0.1, 0.15) is 11.6 Å². The Morgan fingerprint density at radius 3 is 2.65 bits per heavy atom. The molecule has 1 amide bonds. The molecule has 0 saturated heterocycles. The topological polar surface area (TPSA) is 29.1 Å². The van der Waals surface area contributed by atoms with Gasteiger partial charge in [-0.15, -0.1) is 11.6 Å². The van der Waals surface area contributed by atoms with E-state index in [4.69, 9.17) is 11.6 Å². The molecule has 1 saturated carbocycles. The summed E-state index contributed by atoms with van der Waals surface area (Å²) in [5.41, 5.74) is 0.122. The van der Waals surface area contributed by atoms with E-state index >= 15 is 0 Å². The van der Waals surface area contributed by atoms with E-state index in [1.807, 2.05) is 0 Å². The summed E-state index contributed by atoms with van der Waals surface area (Å²) in [6.45, 7) is 1.50. The van der Waals surface area contributed by atoms with E-state index in [1.165, 1.54) is 13.0 Å². The highest BCUT2D eigenvalue weighted by atomic mass is 35.5. The predicted octanol–water partition coefficient (Wildman–Crippen LogP) is 3.94. The first-order chi connectivity index (χ1) is 9.49. The SMILES string of the molecule is Cc1cc(C(=O)NC2CCCCCC2Cl)c(F)cc1F. The van der Waals surface area contributed by atoms with E-state index in [-0.39, 0.29) is 22.5 Å². The van der Waals surface area contributed by atoms with E-state index in [2.05, 4.69) is 5.32 Å². The lowest BCUT2D eigenvalue weighted by molar-refractivity contribution is 0.0929. The van der Waals surface area contributed by atoms with Crippen molar-refractivity contribution in [3.63, 3.8) is 0 Å². The Bertz CT molecular complexity index is 507. The number of hydrogen-bond acceptors (Lipinski definition) is 1. The third-order valence-electron chi connectivity index (χ3n) is 3.74. The maximum Gasteiger partial charge on any atom is 0.254 e. The number of nitrogens with one attached hydrogen (secondary N) is 1. The summed E-state index contributed by atoms with van der Waals surface area (Å²) in [6.07, 6.45) is 4.78. The lowest BCUT2D eigenvalue weighted by Gasteiger charge is -2.21. The van der Waals surface area contributed by atoms with Gasteiger partial charge < -0.3 is 5.32 Å². The van der Waals surface area contributed by atoms with Gasteiger partial charge >= 0.3 is 0 Å². The molecule has 110 valence electrons. The predicted molar refractivity (Wildman–Crippen MR) is 75.1 cm³/mol. The molecule has 1 aromatic carbocycles. The second-order valence-electron chi connectivity index (χ2n) is 5.32. The summed E-state index contributed by atoms with van der Waals surface area (Å²) >= 11 is 6.25. The molecule has 1 aromatic rings. The standard InChI is InChI=1S/C15H18ClF2NO/c1-9-7-10(13(18)8-12(9)17)15(20)19-14-6-4-2-3-5-11(14)16/h7-8,11,14H,2-6H2,1H3,(H,19,20). The van der Waals surface area contributed by atoms with E-state index < -0.39 is 17.5 Å². The van der Waals surface area contributed by atoms with Crippen LogP contribution in [-0.4, -0.2) is 17.3 Å². The summed E-state index contributed by atoms with van der Waals surface area (Å²) in [6, 6.07) is 1.83. The van der Waals surface area contributed by atoms with Crippen molar-refractivity contribution in [1.29, 1.82) is 0 Å². The largest absolute Gasteiger partial charge is 0.348 e. The smallest absolute Gasteiger partial charge is 0.254 e. The van der Waals surface area contributed by atoms with Crippen molar-refractivity contribution >= 4 is 17.5 Å². The molecule has 0 aliphatic heterocycles. The lowest BCUT2D eigenvalue weighted by Crippen LogP contribution is -2.40. The van der Waals surface area contributed by atoms with Crippen molar-refractivity contribution < 1.29 is 13.6 Å². The molecule has 20 heavy (non-hydrogen) atoms.